The minimum absolute atomic E-state index is 0.0687. The summed E-state index contributed by atoms with van der Waals surface area (Å²) in [7, 11) is 0. The van der Waals surface area contributed by atoms with Crippen molar-refractivity contribution < 1.29 is 14.6 Å². The maximum atomic E-state index is 11.9. The number of nitrogens with one attached hydrogen (secondary N) is 1. The molecule has 0 amide bonds. The Bertz CT molecular complexity index is 236. The van der Waals surface area contributed by atoms with Crippen LogP contribution in [-0.4, -0.2) is 60.4 Å². The molecule has 16 heavy (non-hydrogen) atoms. The molecule has 0 radical (unpaired) electrons. The number of rotatable bonds is 3. The molecule has 2 N–H and O–H groups in total. The smallest absolute Gasteiger partial charge is 0.325 e. The van der Waals surface area contributed by atoms with E-state index in [1.165, 1.54) is 0 Å². The Balaban J connectivity index is 2.57. The van der Waals surface area contributed by atoms with E-state index in [0.717, 1.165) is 13.1 Å². The van der Waals surface area contributed by atoms with Crippen molar-refractivity contribution in [3.8, 4) is 0 Å². The van der Waals surface area contributed by atoms with Crippen LogP contribution >= 0.6 is 0 Å². The SMILES string of the molecule is CC(C)(C)OC(=O)C1CNCCN1CCO. The molecule has 1 aliphatic heterocycles. The number of ether oxygens (including phenoxy) is 1. The molecule has 94 valence electrons. The van der Waals surface area contributed by atoms with Crippen LogP contribution in [0.25, 0.3) is 0 Å². The summed E-state index contributed by atoms with van der Waals surface area (Å²) in [5, 5.41) is 12.1. The van der Waals surface area contributed by atoms with Gasteiger partial charge >= 0.3 is 5.97 Å². The lowest BCUT2D eigenvalue weighted by molar-refractivity contribution is -0.162. The van der Waals surface area contributed by atoms with Gasteiger partial charge in [0, 0.05) is 26.2 Å². The number of hydrogen-bond acceptors (Lipinski definition) is 5. The number of nitrogens with zero attached hydrogens (tertiary/aromatic N) is 1. The Hall–Kier alpha value is -0.650. The second kappa shape index (κ2) is 5.61. The second-order valence-corrected chi connectivity index (χ2v) is 5.01. The predicted octanol–water partition coefficient (Wildman–Crippen LogP) is -0.406. The first-order valence-electron chi connectivity index (χ1n) is 5.72. The topological polar surface area (TPSA) is 61.8 Å². The van der Waals surface area contributed by atoms with Crippen molar-refractivity contribution in [1.29, 1.82) is 0 Å². The predicted molar refractivity (Wildman–Crippen MR) is 61.2 cm³/mol. The van der Waals surface area contributed by atoms with Crippen molar-refractivity contribution in [1.82, 2.24) is 10.2 Å². The van der Waals surface area contributed by atoms with Crippen molar-refractivity contribution >= 4 is 5.97 Å². The maximum Gasteiger partial charge on any atom is 0.325 e. The molecule has 0 saturated carbocycles. The summed E-state index contributed by atoms with van der Waals surface area (Å²) in [6.07, 6.45) is 0. The van der Waals surface area contributed by atoms with Crippen LogP contribution in [0.2, 0.25) is 0 Å². The van der Waals surface area contributed by atoms with Crippen LogP contribution < -0.4 is 5.32 Å². The molecule has 1 aliphatic rings. The molecule has 1 heterocycles. The lowest BCUT2D eigenvalue weighted by atomic mass is 10.1. The molecule has 1 rings (SSSR count). The largest absolute Gasteiger partial charge is 0.459 e. The third-order valence-electron chi connectivity index (χ3n) is 2.42. The monoisotopic (exact) mass is 230 g/mol. The summed E-state index contributed by atoms with van der Waals surface area (Å²) in [5.74, 6) is -0.215. The van der Waals surface area contributed by atoms with Crippen LogP contribution in [0.3, 0.4) is 0 Å². The van der Waals surface area contributed by atoms with Crippen LogP contribution in [0.15, 0.2) is 0 Å². The van der Waals surface area contributed by atoms with E-state index in [9.17, 15) is 4.79 Å². The van der Waals surface area contributed by atoms with E-state index in [1.807, 2.05) is 25.7 Å². The Labute approximate surface area is 96.8 Å². The van der Waals surface area contributed by atoms with Crippen LogP contribution in [0, 0.1) is 0 Å². The van der Waals surface area contributed by atoms with E-state index in [4.69, 9.17) is 9.84 Å². The van der Waals surface area contributed by atoms with E-state index >= 15 is 0 Å². The van der Waals surface area contributed by atoms with Gasteiger partial charge in [-0.05, 0) is 20.8 Å². The van der Waals surface area contributed by atoms with E-state index in [1.54, 1.807) is 0 Å². The van der Waals surface area contributed by atoms with Crippen molar-refractivity contribution in [3.63, 3.8) is 0 Å². The zero-order chi connectivity index (χ0) is 12.2. The van der Waals surface area contributed by atoms with Gasteiger partial charge in [0.05, 0.1) is 6.61 Å². The molecule has 5 nitrogen and oxygen atoms in total. The summed E-state index contributed by atoms with van der Waals surface area (Å²) in [6.45, 7) is 8.37. The molecule has 0 aromatic carbocycles. The number of piperazine rings is 1. The van der Waals surface area contributed by atoms with E-state index in [0.29, 0.717) is 13.1 Å². The second-order valence-electron chi connectivity index (χ2n) is 5.01. The molecule has 0 aromatic heterocycles. The molecule has 0 aromatic rings. The molecular weight excluding hydrogens is 208 g/mol. The number of carbonyl (C=O) groups excluding carboxylic acids is 1. The highest BCUT2D eigenvalue weighted by Crippen LogP contribution is 2.12. The first-order chi connectivity index (χ1) is 7.44. The standard InChI is InChI=1S/C11H22N2O3/c1-11(2,3)16-10(15)9-8-12-4-5-13(9)6-7-14/h9,12,14H,4-8H2,1-3H3. The molecule has 5 heteroatoms. The molecule has 0 spiro atoms. The van der Waals surface area contributed by atoms with Crippen LogP contribution in [0.4, 0.5) is 0 Å². The van der Waals surface area contributed by atoms with Crippen molar-refractivity contribution in [2.45, 2.75) is 32.4 Å². The zero-order valence-electron chi connectivity index (χ0n) is 10.3. The number of esters is 1. The van der Waals surface area contributed by atoms with Gasteiger partial charge in [0.2, 0.25) is 0 Å². The minimum Gasteiger partial charge on any atom is -0.459 e. The van der Waals surface area contributed by atoms with Crippen LogP contribution in [0.1, 0.15) is 20.8 Å². The third-order valence-corrected chi connectivity index (χ3v) is 2.42. The molecule has 1 atom stereocenters. The average molecular weight is 230 g/mol. The molecule has 1 saturated heterocycles. The fourth-order valence-electron chi connectivity index (χ4n) is 1.74. The van der Waals surface area contributed by atoms with Gasteiger partial charge in [0.1, 0.15) is 11.6 Å². The fraction of sp³-hybridized carbons (Fsp3) is 0.909. The van der Waals surface area contributed by atoms with Gasteiger partial charge in [-0.1, -0.05) is 0 Å². The number of aliphatic hydroxyl groups excluding tert-OH is 1. The fourth-order valence-corrected chi connectivity index (χ4v) is 1.74. The normalized spacial score (nSPS) is 23.1. The van der Waals surface area contributed by atoms with Gasteiger partial charge < -0.3 is 15.2 Å². The number of carbonyl (C=O) groups is 1. The number of β-amino-alcohol motifs (C(OH)–C–C–N with tert-alkyl or cyclic N) is 1. The van der Waals surface area contributed by atoms with Crippen molar-refractivity contribution in [2.75, 3.05) is 32.8 Å². The number of aliphatic hydroxyl groups is 1. The molecular formula is C11H22N2O3. The molecule has 0 aliphatic carbocycles. The summed E-state index contributed by atoms with van der Waals surface area (Å²) in [5.41, 5.74) is -0.459. The Kier molecular flexibility index (Phi) is 4.70. The quantitative estimate of drug-likeness (QED) is 0.646. The van der Waals surface area contributed by atoms with Gasteiger partial charge in [0.15, 0.2) is 0 Å². The van der Waals surface area contributed by atoms with Gasteiger partial charge in [-0.2, -0.15) is 0 Å². The average Bonchev–Trinajstić information content (AvgIpc) is 2.16. The summed E-state index contributed by atoms with van der Waals surface area (Å²) in [6, 6.07) is -0.278. The van der Waals surface area contributed by atoms with E-state index in [-0.39, 0.29) is 18.6 Å². The Morgan fingerprint density at radius 2 is 2.25 bits per heavy atom. The Morgan fingerprint density at radius 1 is 1.56 bits per heavy atom. The Morgan fingerprint density at radius 3 is 2.81 bits per heavy atom. The third kappa shape index (κ3) is 4.08. The van der Waals surface area contributed by atoms with Crippen molar-refractivity contribution in [2.24, 2.45) is 0 Å². The number of hydrogen-bond donors (Lipinski definition) is 2. The zero-order valence-corrected chi connectivity index (χ0v) is 10.3. The maximum absolute atomic E-state index is 11.9. The first kappa shape index (κ1) is 13.4. The summed E-state index contributed by atoms with van der Waals surface area (Å²) in [4.78, 5) is 13.9. The van der Waals surface area contributed by atoms with Crippen molar-refractivity contribution in [3.05, 3.63) is 0 Å². The molecule has 1 fully saturated rings. The highest BCUT2D eigenvalue weighted by atomic mass is 16.6. The lowest BCUT2D eigenvalue weighted by Crippen LogP contribution is -2.56. The summed E-state index contributed by atoms with van der Waals surface area (Å²) < 4.78 is 5.35. The molecule has 1 unspecified atom stereocenters. The van der Waals surface area contributed by atoms with Gasteiger partial charge in [-0.25, -0.2) is 0 Å². The van der Waals surface area contributed by atoms with Crippen LogP contribution in [0.5, 0.6) is 0 Å². The highest BCUT2D eigenvalue weighted by molar-refractivity contribution is 5.76. The minimum atomic E-state index is -0.459. The molecule has 0 bridgehead atoms. The van der Waals surface area contributed by atoms with E-state index in [2.05, 4.69) is 5.32 Å². The van der Waals surface area contributed by atoms with E-state index < -0.39 is 5.60 Å². The van der Waals surface area contributed by atoms with Gasteiger partial charge in [-0.3, -0.25) is 9.69 Å². The van der Waals surface area contributed by atoms with Gasteiger partial charge in [0.25, 0.3) is 0 Å². The van der Waals surface area contributed by atoms with Crippen LogP contribution in [-0.2, 0) is 9.53 Å². The lowest BCUT2D eigenvalue weighted by Gasteiger charge is -2.35. The highest BCUT2D eigenvalue weighted by Gasteiger charge is 2.31. The summed E-state index contributed by atoms with van der Waals surface area (Å²) >= 11 is 0. The first-order valence-corrected chi connectivity index (χ1v) is 5.72. The van der Waals surface area contributed by atoms with Gasteiger partial charge in [-0.15, -0.1) is 0 Å².